The Balaban J connectivity index is 2.52. The van der Waals surface area contributed by atoms with Crippen molar-refractivity contribution in [3.63, 3.8) is 0 Å². The van der Waals surface area contributed by atoms with E-state index in [1.807, 2.05) is 0 Å². The van der Waals surface area contributed by atoms with Gasteiger partial charge >= 0.3 is 0 Å². The first kappa shape index (κ1) is 10.1. The average molecular weight is 216 g/mol. The minimum atomic E-state index is -0.462. The van der Waals surface area contributed by atoms with Crippen molar-refractivity contribution in [3.05, 3.63) is 52.3 Å². The molecule has 1 heterocycles. The SMILES string of the molecule is O=Cc1[nH]ccc1-c1cccc([N+](=O)[O-])c1. The highest BCUT2D eigenvalue weighted by Crippen LogP contribution is 2.25. The summed E-state index contributed by atoms with van der Waals surface area (Å²) in [5, 5.41) is 10.6. The standard InChI is InChI=1S/C11H8N2O3/c14-7-11-10(4-5-12-11)8-2-1-3-9(6-8)13(15)16/h1-7,12H. The number of carbonyl (C=O) groups is 1. The van der Waals surface area contributed by atoms with Crippen molar-refractivity contribution >= 4 is 12.0 Å². The summed E-state index contributed by atoms with van der Waals surface area (Å²) in [4.78, 5) is 23.6. The van der Waals surface area contributed by atoms with E-state index in [2.05, 4.69) is 4.98 Å². The van der Waals surface area contributed by atoms with Crippen LogP contribution in [0.1, 0.15) is 10.5 Å². The minimum Gasteiger partial charge on any atom is -0.359 e. The Bertz CT molecular complexity index is 546. The van der Waals surface area contributed by atoms with Crippen LogP contribution >= 0.6 is 0 Å². The molecule has 80 valence electrons. The van der Waals surface area contributed by atoms with E-state index in [0.29, 0.717) is 23.1 Å². The molecule has 5 nitrogen and oxygen atoms in total. The second-order valence-corrected chi connectivity index (χ2v) is 3.23. The third-order valence-corrected chi connectivity index (χ3v) is 2.26. The molecule has 1 aromatic carbocycles. The van der Waals surface area contributed by atoms with Gasteiger partial charge in [-0.1, -0.05) is 12.1 Å². The molecule has 2 rings (SSSR count). The van der Waals surface area contributed by atoms with E-state index < -0.39 is 4.92 Å². The number of nitrogens with zero attached hydrogens (tertiary/aromatic N) is 1. The van der Waals surface area contributed by atoms with E-state index in [9.17, 15) is 14.9 Å². The van der Waals surface area contributed by atoms with Crippen LogP contribution in [0.15, 0.2) is 36.5 Å². The molecule has 1 N–H and O–H groups in total. The smallest absolute Gasteiger partial charge is 0.270 e. The van der Waals surface area contributed by atoms with Gasteiger partial charge in [0.05, 0.1) is 10.6 Å². The largest absolute Gasteiger partial charge is 0.359 e. The Morgan fingerprint density at radius 2 is 2.12 bits per heavy atom. The zero-order valence-corrected chi connectivity index (χ0v) is 8.21. The Labute approximate surface area is 90.9 Å². The lowest BCUT2D eigenvalue weighted by Gasteiger charge is -1.99. The lowest BCUT2D eigenvalue weighted by molar-refractivity contribution is -0.384. The van der Waals surface area contributed by atoms with Gasteiger partial charge in [0.15, 0.2) is 6.29 Å². The van der Waals surface area contributed by atoms with Gasteiger partial charge in [0.1, 0.15) is 0 Å². The molecule has 0 saturated heterocycles. The summed E-state index contributed by atoms with van der Waals surface area (Å²) >= 11 is 0. The summed E-state index contributed by atoms with van der Waals surface area (Å²) in [6.07, 6.45) is 2.31. The maximum absolute atomic E-state index is 10.7. The predicted octanol–water partition coefficient (Wildman–Crippen LogP) is 2.40. The van der Waals surface area contributed by atoms with Gasteiger partial charge in [-0.3, -0.25) is 14.9 Å². The van der Waals surface area contributed by atoms with E-state index in [1.54, 1.807) is 24.4 Å². The number of nitro groups is 1. The number of aldehydes is 1. The second-order valence-electron chi connectivity index (χ2n) is 3.23. The molecule has 0 fully saturated rings. The van der Waals surface area contributed by atoms with Crippen molar-refractivity contribution in [2.24, 2.45) is 0 Å². The van der Waals surface area contributed by atoms with Gasteiger partial charge in [0.25, 0.3) is 5.69 Å². The van der Waals surface area contributed by atoms with Gasteiger partial charge in [-0.2, -0.15) is 0 Å². The normalized spacial score (nSPS) is 10.0. The number of benzene rings is 1. The first-order chi connectivity index (χ1) is 7.72. The molecule has 0 unspecified atom stereocenters. The number of H-pyrrole nitrogens is 1. The zero-order chi connectivity index (χ0) is 11.5. The van der Waals surface area contributed by atoms with E-state index in [1.165, 1.54) is 12.1 Å². The van der Waals surface area contributed by atoms with E-state index in [4.69, 9.17) is 0 Å². The summed E-state index contributed by atoms with van der Waals surface area (Å²) in [6.45, 7) is 0. The molecule has 0 radical (unpaired) electrons. The fraction of sp³-hybridized carbons (Fsp3) is 0. The molecule has 2 aromatic rings. The fourth-order valence-electron chi connectivity index (χ4n) is 1.52. The van der Waals surface area contributed by atoms with Crippen molar-refractivity contribution in [1.82, 2.24) is 4.98 Å². The van der Waals surface area contributed by atoms with Crippen molar-refractivity contribution in [2.75, 3.05) is 0 Å². The molecular formula is C11H8N2O3. The lowest BCUT2D eigenvalue weighted by Crippen LogP contribution is -1.89. The molecule has 0 amide bonds. The van der Waals surface area contributed by atoms with Gasteiger partial charge in [-0.25, -0.2) is 0 Å². The van der Waals surface area contributed by atoms with E-state index in [-0.39, 0.29) is 5.69 Å². The van der Waals surface area contributed by atoms with Crippen LogP contribution in [0.2, 0.25) is 0 Å². The third-order valence-electron chi connectivity index (χ3n) is 2.26. The molecule has 0 spiro atoms. The van der Waals surface area contributed by atoms with Crippen LogP contribution in [0.25, 0.3) is 11.1 Å². The lowest BCUT2D eigenvalue weighted by atomic mass is 10.1. The molecule has 0 atom stereocenters. The van der Waals surface area contributed by atoms with Crippen molar-refractivity contribution in [1.29, 1.82) is 0 Å². The number of aromatic amines is 1. The number of non-ortho nitro benzene ring substituents is 1. The summed E-state index contributed by atoms with van der Waals surface area (Å²) in [5.41, 5.74) is 1.74. The first-order valence-electron chi connectivity index (χ1n) is 4.60. The molecule has 0 saturated carbocycles. The van der Waals surface area contributed by atoms with E-state index in [0.717, 1.165) is 0 Å². The average Bonchev–Trinajstić information content (AvgIpc) is 2.77. The molecule has 0 aliphatic heterocycles. The zero-order valence-electron chi connectivity index (χ0n) is 8.21. The van der Waals surface area contributed by atoms with Crippen LogP contribution in [0, 0.1) is 10.1 Å². The third kappa shape index (κ3) is 1.70. The van der Waals surface area contributed by atoms with Crippen LogP contribution < -0.4 is 0 Å². The summed E-state index contributed by atoms with van der Waals surface area (Å²) < 4.78 is 0. The van der Waals surface area contributed by atoms with Gasteiger partial charge in [0, 0.05) is 23.9 Å². The number of hydrogen-bond donors (Lipinski definition) is 1. The maximum atomic E-state index is 10.7. The van der Waals surface area contributed by atoms with Crippen LogP contribution in [0.4, 0.5) is 5.69 Å². The minimum absolute atomic E-state index is 0.00977. The number of rotatable bonds is 3. The molecule has 0 bridgehead atoms. The topological polar surface area (TPSA) is 76.0 Å². The van der Waals surface area contributed by atoms with Crippen molar-refractivity contribution in [2.45, 2.75) is 0 Å². The molecule has 0 aliphatic carbocycles. The molecule has 5 heteroatoms. The highest BCUT2D eigenvalue weighted by Gasteiger charge is 2.10. The summed E-state index contributed by atoms with van der Waals surface area (Å²) in [5.74, 6) is 0. The van der Waals surface area contributed by atoms with Crippen LogP contribution in [-0.2, 0) is 0 Å². The van der Waals surface area contributed by atoms with Crippen LogP contribution in [-0.4, -0.2) is 16.2 Å². The highest BCUT2D eigenvalue weighted by molar-refractivity contribution is 5.85. The Kier molecular flexibility index (Phi) is 2.51. The monoisotopic (exact) mass is 216 g/mol. The van der Waals surface area contributed by atoms with Gasteiger partial charge in [-0.05, 0) is 11.6 Å². The fourth-order valence-corrected chi connectivity index (χ4v) is 1.52. The molecule has 0 aliphatic rings. The number of nitro benzene ring substituents is 1. The Morgan fingerprint density at radius 1 is 1.31 bits per heavy atom. The van der Waals surface area contributed by atoms with E-state index >= 15 is 0 Å². The van der Waals surface area contributed by atoms with Crippen LogP contribution in [0.5, 0.6) is 0 Å². The number of hydrogen-bond acceptors (Lipinski definition) is 3. The first-order valence-corrected chi connectivity index (χ1v) is 4.60. The van der Waals surface area contributed by atoms with Crippen LogP contribution in [0.3, 0.4) is 0 Å². The number of carbonyl (C=O) groups excluding carboxylic acids is 1. The quantitative estimate of drug-likeness (QED) is 0.486. The van der Waals surface area contributed by atoms with Gasteiger partial charge in [-0.15, -0.1) is 0 Å². The highest BCUT2D eigenvalue weighted by atomic mass is 16.6. The molecular weight excluding hydrogens is 208 g/mol. The Morgan fingerprint density at radius 3 is 2.81 bits per heavy atom. The van der Waals surface area contributed by atoms with Gasteiger partial charge in [0.2, 0.25) is 0 Å². The summed E-state index contributed by atoms with van der Waals surface area (Å²) in [7, 11) is 0. The Hall–Kier alpha value is -2.43. The second kappa shape index (κ2) is 3.98. The summed E-state index contributed by atoms with van der Waals surface area (Å²) in [6, 6.07) is 7.88. The number of aromatic nitrogens is 1. The van der Waals surface area contributed by atoms with Crippen molar-refractivity contribution < 1.29 is 9.72 Å². The molecule has 16 heavy (non-hydrogen) atoms. The molecule has 1 aromatic heterocycles. The van der Waals surface area contributed by atoms with Gasteiger partial charge < -0.3 is 4.98 Å². The predicted molar refractivity (Wildman–Crippen MR) is 58.3 cm³/mol. The van der Waals surface area contributed by atoms with Crippen molar-refractivity contribution in [3.8, 4) is 11.1 Å². The maximum Gasteiger partial charge on any atom is 0.270 e. The number of nitrogens with one attached hydrogen (secondary N) is 1.